The Labute approximate surface area is 174 Å². The third-order valence-electron chi connectivity index (χ3n) is 5.39. The normalized spacial score (nSPS) is 15.0. The number of nitriles is 1. The van der Waals surface area contributed by atoms with E-state index in [2.05, 4.69) is 16.4 Å². The molecule has 8 heteroatoms. The number of pyridine rings is 1. The second-order valence-corrected chi connectivity index (χ2v) is 7.24. The number of para-hydroxylation sites is 1. The van der Waals surface area contributed by atoms with Crippen LogP contribution in [0.4, 0.5) is 15.9 Å². The van der Waals surface area contributed by atoms with Crippen molar-refractivity contribution in [3.8, 4) is 6.07 Å². The van der Waals surface area contributed by atoms with Crippen molar-refractivity contribution >= 4 is 23.4 Å². The van der Waals surface area contributed by atoms with E-state index in [0.29, 0.717) is 12.8 Å². The van der Waals surface area contributed by atoms with Crippen molar-refractivity contribution in [2.45, 2.75) is 37.6 Å². The molecular formula is C22H23FN4O3. The molecule has 0 atom stereocenters. The molecular weight excluding hydrogens is 387 g/mol. The minimum atomic E-state index is -0.854. The lowest BCUT2D eigenvalue weighted by molar-refractivity contribution is -0.138. The predicted octanol–water partition coefficient (Wildman–Crippen LogP) is 3.81. The summed E-state index contributed by atoms with van der Waals surface area (Å²) in [6.45, 7) is -0.493. The molecule has 1 fully saturated rings. The summed E-state index contributed by atoms with van der Waals surface area (Å²) in [5, 5.41) is 12.4. The van der Waals surface area contributed by atoms with E-state index in [9.17, 15) is 19.2 Å². The van der Waals surface area contributed by atoms with Gasteiger partial charge in [-0.3, -0.25) is 4.79 Å². The molecule has 0 aliphatic heterocycles. The first-order valence-corrected chi connectivity index (χ1v) is 9.78. The van der Waals surface area contributed by atoms with Gasteiger partial charge in [-0.05, 0) is 37.1 Å². The van der Waals surface area contributed by atoms with Crippen molar-refractivity contribution in [3.63, 3.8) is 0 Å². The summed E-state index contributed by atoms with van der Waals surface area (Å²) < 4.78 is 19.1. The number of hydrogen-bond donors (Lipinski definition) is 1. The molecule has 2 aromatic rings. The first kappa shape index (κ1) is 21.2. The van der Waals surface area contributed by atoms with Crippen LogP contribution < -0.4 is 5.32 Å². The van der Waals surface area contributed by atoms with E-state index in [1.807, 2.05) is 0 Å². The Bertz CT molecular complexity index is 967. The number of aromatic nitrogens is 1. The summed E-state index contributed by atoms with van der Waals surface area (Å²) in [7, 11) is 1.57. The molecule has 0 spiro atoms. The minimum absolute atomic E-state index is 0.0730. The van der Waals surface area contributed by atoms with Crippen LogP contribution in [0.15, 0.2) is 42.6 Å². The zero-order valence-electron chi connectivity index (χ0n) is 16.7. The third kappa shape index (κ3) is 4.57. The number of nitrogens with zero attached hydrogens (tertiary/aromatic N) is 3. The van der Waals surface area contributed by atoms with E-state index in [0.717, 1.165) is 19.3 Å². The van der Waals surface area contributed by atoms with Crippen molar-refractivity contribution in [1.82, 2.24) is 9.88 Å². The van der Waals surface area contributed by atoms with Crippen LogP contribution in [0.2, 0.25) is 0 Å². The fourth-order valence-corrected chi connectivity index (χ4v) is 3.56. The highest BCUT2D eigenvalue weighted by atomic mass is 19.1. The molecule has 1 amide bonds. The topological polar surface area (TPSA) is 95.3 Å². The quantitative estimate of drug-likeness (QED) is 0.728. The summed E-state index contributed by atoms with van der Waals surface area (Å²) in [6.07, 6.45) is 5.48. The van der Waals surface area contributed by atoms with Gasteiger partial charge in [-0.2, -0.15) is 5.26 Å². The molecule has 0 radical (unpaired) electrons. The highest BCUT2D eigenvalue weighted by Crippen LogP contribution is 2.32. The Morgan fingerprint density at radius 1 is 1.23 bits per heavy atom. The number of anilines is 2. The Hall–Kier alpha value is -3.47. The zero-order valence-corrected chi connectivity index (χ0v) is 16.7. The molecule has 7 nitrogen and oxygen atoms in total. The number of benzene rings is 1. The molecule has 1 N–H and O–H groups in total. The number of amides is 1. The lowest BCUT2D eigenvalue weighted by Gasteiger charge is -2.38. The predicted molar refractivity (Wildman–Crippen MR) is 108 cm³/mol. The molecule has 30 heavy (non-hydrogen) atoms. The molecule has 0 unspecified atom stereocenters. The number of carbonyl (C=O) groups excluding carboxylic acids is 2. The Morgan fingerprint density at radius 3 is 2.67 bits per heavy atom. The summed E-state index contributed by atoms with van der Waals surface area (Å²) in [5.41, 5.74) is -0.619. The van der Waals surface area contributed by atoms with Gasteiger partial charge >= 0.3 is 5.97 Å². The van der Waals surface area contributed by atoms with E-state index >= 15 is 0 Å². The van der Waals surface area contributed by atoms with Crippen molar-refractivity contribution in [3.05, 3.63) is 54.0 Å². The van der Waals surface area contributed by atoms with Crippen LogP contribution in [-0.2, 0) is 9.53 Å². The fourth-order valence-electron chi connectivity index (χ4n) is 3.56. The number of halogens is 1. The first-order valence-electron chi connectivity index (χ1n) is 9.78. The van der Waals surface area contributed by atoms with Crippen molar-refractivity contribution < 1.29 is 18.7 Å². The molecule has 1 aromatic heterocycles. The van der Waals surface area contributed by atoms with Gasteiger partial charge in [-0.15, -0.1) is 0 Å². The molecule has 1 aromatic carbocycles. The van der Waals surface area contributed by atoms with Crippen molar-refractivity contribution in [2.75, 3.05) is 19.0 Å². The maximum absolute atomic E-state index is 13.9. The van der Waals surface area contributed by atoms with Gasteiger partial charge in [0.25, 0.3) is 5.91 Å². The third-order valence-corrected chi connectivity index (χ3v) is 5.39. The Kier molecular flexibility index (Phi) is 6.62. The second-order valence-electron chi connectivity index (χ2n) is 7.24. The average molecular weight is 410 g/mol. The molecule has 0 saturated heterocycles. The van der Waals surface area contributed by atoms with E-state index in [4.69, 9.17) is 4.74 Å². The van der Waals surface area contributed by atoms with Crippen LogP contribution in [0.3, 0.4) is 0 Å². The summed E-state index contributed by atoms with van der Waals surface area (Å²) in [4.78, 5) is 30.6. The highest BCUT2D eigenvalue weighted by molar-refractivity contribution is 5.96. The van der Waals surface area contributed by atoms with Gasteiger partial charge in [0.2, 0.25) is 0 Å². The molecule has 156 valence electrons. The number of hydrogen-bond acceptors (Lipinski definition) is 6. The van der Waals surface area contributed by atoms with Crippen LogP contribution >= 0.6 is 0 Å². The van der Waals surface area contributed by atoms with Gasteiger partial charge in [0, 0.05) is 13.2 Å². The van der Waals surface area contributed by atoms with Crippen LogP contribution in [0, 0.1) is 17.1 Å². The standard InChI is InChI=1S/C22H23FN4O3/c1-27(22(15-24)11-5-2-6-12-22)19(28)14-30-21(29)16-8-7-13-25-20(16)26-18-10-4-3-9-17(18)23/h3-4,7-10,13H,2,5-6,11-12,14H2,1H3,(H,25,26). The first-order chi connectivity index (χ1) is 14.5. The molecule has 1 saturated carbocycles. The van der Waals surface area contributed by atoms with Gasteiger partial charge in [-0.25, -0.2) is 14.2 Å². The van der Waals surface area contributed by atoms with E-state index in [1.165, 1.54) is 29.3 Å². The lowest BCUT2D eigenvalue weighted by atomic mass is 9.81. The maximum atomic E-state index is 13.9. The smallest absolute Gasteiger partial charge is 0.342 e. The van der Waals surface area contributed by atoms with Crippen LogP contribution in [0.5, 0.6) is 0 Å². The SMILES string of the molecule is CN(C(=O)COC(=O)c1cccnc1Nc1ccccc1F)C1(C#N)CCCCC1. The van der Waals surface area contributed by atoms with Gasteiger partial charge in [0.1, 0.15) is 22.7 Å². The monoisotopic (exact) mass is 410 g/mol. The Morgan fingerprint density at radius 2 is 1.97 bits per heavy atom. The van der Waals surface area contributed by atoms with Crippen LogP contribution in [-0.4, -0.2) is 41.0 Å². The highest BCUT2D eigenvalue weighted by Gasteiger charge is 2.39. The van der Waals surface area contributed by atoms with Gasteiger partial charge < -0.3 is 15.0 Å². The minimum Gasteiger partial charge on any atom is -0.452 e. The molecule has 1 heterocycles. The second kappa shape index (κ2) is 9.35. The molecule has 0 bridgehead atoms. The number of likely N-dealkylation sites (N-methyl/N-ethyl adjacent to an activating group) is 1. The largest absolute Gasteiger partial charge is 0.452 e. The van der Waals surface area contributed by atoms with E-state index in [-0.39, 0.29) is 17.1 Å². The number of rotatable bonds is 6. The van der Waals surface area contributed by atoms with E-state index in [1.54, 1.807) is 25.2 Å². The fraction of sp³-hybridized carbons (Fsp3) is 0.364. The maximum Gasteiger partial charge on any atom is 0.342 e. The molecule has 3 rings (SSSR count). The summed E-state index contributed by atoms with van der Waals surface area (Å²) in [5.74, 6) is -1.58. The number of nitrogens with one attached hydrogen (secondary N) is 1. The van der Waals surface area contributed by atoms with Crippen LogP contribution in [0.25, 0.3) is 0 Å². The molecule has 1 aliphatic carbocycles. The van der Waals surface area contributed by atoms with Gasteiger partial charge in [0.15, 0.2) is 6.61 Å². The number of ether oxygens (including phenoxy) is 1. The van der Waals surface area contributed by atoms with E-state index < -0.39 is 29.8 Å². The van der Waals surface area contributed by atoms with Gasteiger partial charge in [0.05, 0.1) is 11.8 Å². The van der Waals surface area contributed by atoms with Crippen molar-refractivity contribution in [2.24, 2.45) is 0 Å². The van der Waals surface area contributed by atoms with Crippen LogP contribution in [0.1, 0.15) is 42.5 Å². The Balaban J connectivity index is 1.67. The number of carbonyl (C=O) groups is 2. The van der Waals surface area contributed by atoms with Gasteiger partial charge in [-0.1, -0.05) is 31.4 Å². The zero-order chi connectivity index (χ0) is 21.6. The average Bonchev–Trinajstić information content (AvgIpc) is 2.79. The summed E-state index contributed by atoms with van der Waals surface area (Å²) in [6, 6.07) is 11.3. The molecule has 1 aliphatic rings. The number of esters is 1. The lowest BCUT2D eigenvalue weighted by Crippen LogP contribution is -2.51. The van der Waals surface area contributed by atoms with Crippen molar-refractivity contribution in [1.29, 1.82) is 5.26 Å². The summed E-state index contributed by atoms with van der Waals surface area (Å²) >= 11 is 0.